The summed E-state index contributed by atoms with van der Waals surface area (Å²) in [5.74, 6) is 1.54. The fourth-order valence-corrected chi connectivity index (χ4v) is 4.10. The summed E-state index contributed by atoms with van der Waals surface area (Å²) >= 11 is 5.99. The first kappa shape index (κ1) is 18.9. The first-order chi connectivity index (χ1) is 13.7. The normalized spacial score (nSPS) is 19.4. The van der Waals surface area contributed by atoms with Gasteiger partial charge in [0, 0.05) is 11.6 Å². The minimum Gasteiger partial charge on any atom is -0.486 e. The van der Waals surface area contributed by atoms with Crippen LogP contribution >= 0.6 is 11.6 Å². The highest BCUT2D eigenvalue weighted by molar-refractivity contribution is 6.30. The molecule has 2 aliphatic heterocycles. The Bertz CT molecular complexity index is 840. The molecule has 0 spiro atoms. The van der Waals surface area contributed by atoms with E-state index in [2.05, 4.69) is 12.2 Å². The van der Waals surface area contributed by atoms with E-state index in [4.69, 9.17) is 21.1 Å². The van der Waals surface area contributed by atoms with Crippen LogP contribution in [0.15, 0.2) is 42.5 Å². The first-order valence-electron chi connectivity index (χ1n) is 9.88. The van der Waals surface area contributed by atoms with E-state index in [0.29, 0.717) is 18.2 Å². The van der Waals surface area contributed by atoms with E-state index in [0.717, 1.165) is 48.4 Å². The molecule has 1 saturated heterocycles. The van der Waals surface area contributed by atoms with E-state index in [-0.39, 0.29) is 18.1 Å². The molecule has 4 rings (SSSR count). The van der Waals surface area contributed by atoms with Gasteiger partial charge in [-0.2, -0.15) is 0 Å². The molecule has 2 aliphatic rings. The van der Waals surface area contributed by atoms with Crippen LogP contribution in [0.4, 0.5) is 4.79 Å². The number of fused-ring (bicyclic) bond motifs is 1. The molecule has 2 aromatic rings. The molecule has 0 saturated carbocycles. The van der Waals surface area contributed by atoms with Gasteiger partial charge in [0.25, 0.3) is 0 Å². The van der Waals surface area contributed by atoms with Crippen molar-refractivity contribution in [1.29, 1.82) is 0 Å². The van der Waals surface area contributed by atoms with Gasteiger partial charge >= 0.3 is 6.03 Å². The second-order valence-electron chi connectivity index (χ2n) is 7.22. The summed E-state index contributed by atoms with van der Waals surface area (Å²) in [6.45, 7) is 3.96. The molecular weight excluding hydrogens is 376 g/mol. The van der Waals surface area contributed by atoms with Gasteiger partial charge in [0.05, 0.1) is 12.1 Å². The van der Waals surface area contributed by atoms with Crippen LogP contribution in [0.25, 0.3) is 0 Å². The molecule has 0 aromatic heterocycles. The van der Waals surface area contributed by atoms with Crippen LogP contribution in [0.1, 0.15) is 49.4 Å². The maximum Gasteiger partial charge on any atom is 0.318 e. The lowest BCUT2D eigenvalue weighted by molar-refractivity contribution is 0.170. The number of carbonyl (C=O) groups is 1. The zero-order chi connectivity index (χ0) is 19.5. The highest BCUT2D eigenvalue weighted by atomic mass is 35.5. The Morgan fingerprint density at radius 2 is 1.93 bits per heavy atom. The van der Waals surface area contributed by atoms with Crippen LogP contribution in [0, 0.1) is 0 Å². The number of carbonyl (C=O) groups excluding carboxylic acids is 1. The Hall–Kier alpha value is -2.40. The first-order valence-corrected chi connectivity index (χ1v) is 10.3. The molecular formula is C22H25ClN2O3. The van der Waals surface area contributed by atoms with Crippen molar-refractivity contribution in [1.82, 2.24) is 10.2 Å². The van der Waals surface area contributed by atoms with Gasteiger partial charge in [0.2, 0.25) is 0 Å². The van der Waals surface area contributed by atoms with Gasteiger partial charge in [-0.3, -0.25) is 0 Å². The van der Waals surface area contributed by atoms with Crippen molar-refractivity contribution in [3.63, 3.8) is 0 Å². The molecule has 2 atom stereocenters. The smallest absolute Gasteiger partial charge is 0.318 e. The van der Waals surface area contributed by atoms with E-state index < -0.39 is 0 Å². The molecule has 0 bridgehead atoms. The molecule has 1 fully saturated rings. The SMILES string of the molecule is CC[C@@H](NC(=O)N1CCC[C@@H]1c1ccc2c(c1)OCCO2)c1ccc(Cl)cc1. The standard InChI is InChI=1S/C22H25ClN2O3/c1-2-18(15-5-8-17(23)9-6-15)24-22(26)25-11-3-4-19(25)16-7-10-20-21(14-16)28-13-12-27-20/h5-10,14,18-19H,2-4,11-13H2,1H3,(H,24,26)/t18-,19-/m1/s1. The predicted octanol–water partition coefficient (Wildman–Crippen LogP) is 5.11. The lowest BCUT2D eigenvalue weighted by atomic mass is 10.0. The Labute approximate surface area is 170 Å². The lowest BCUT2D eigenvalue weighted by Crippen LogP contribution is -2.41. The van der Waals surface area contributed by atoms with Crippen molar-refractivity contribution in [2.75, 3.05) is 19.8 Å². The Kier molecular flexibility index (Phi) is 5.62. The van der Waals surface area contributed by atoms with E-state index >= 15 is 0 Å². The highest BCUT2D eigenvalue weighted by Crippen LogP contribution is 2.38. The number of nitrogens with one attached hydrogen (secondary N) is 1. The van der Waals surface area contributed by atoms with Crippen LogP contribution in [-0.2, 0) is 0 Å². The van der Waals surface area contributed by atoms with Gasteiger partial charge in [-0.05, 0) is 54.7 Å². The molecule has 0 radical (unpaired) electrons. The summed E-state index contributed by atoms with van der Waals surface area (Å²) in [4.78, 5) is 15.0. The number of rotatable bonds is 4. The lowest BCUT2D eigenvalue weighted by Gasteiger charge is -2.29. The van der Waals surface area contributed by atoms with Crippen molar-refractivity contribution >= 4 is 17.6 Å². The fraction of sp³-hybridized carbons (Fsp3) is 0.409. The van der Waals surface area contributed by atoms with Crippen LogP contribution < -0.4 is 14.8 Å². The van der Waals surface area contributed by atoms with Crippen LogP contribution in [0.2, 0.25) is 5.02 Å². The molecule has 2 amide bonds. The van der Waals surface area contributed by atoms with Crippen molar-refractivity contribution < 1.29 is 14.3 Å². The van der Waals surface area contributed by atoms with Gasteiger partial charge in [0.1, 0.15) is 13.2 Å². The Morgan fingerprint density at radius 1 is 1.18 bits per heavy atom. The summed E-state index contributed by atoms with van der Waals surface area (Å²) in [6.07, 6.45) is 2.75. The van der Waals surface area contributed by atoms with Crippen molar-refractivity contribution in [2.45, 2.75) is 38.3 Å². The average Bonchev–Trinajstić information content (AvgIpc) is 3.22. The third-order valence-corrected chi connectivity index (χ3v) is 5.69. The van der Waals surface area contributed by atoms with Crippen molar-refractivity contribution in [2.24, 2.45) is 0 Å². The molecule has 2 aromatic carbocycles. The molecule has 6 heteroatoms. The number of likely N-dealkylation sites (tertiary alicyclic amines) is 1. The third-order valence-electron chi connectivity index (χ3n) is 5.44. The molecule has 2 heterocycles. The number of hydrogen-bond acceptors (Lipinski definition) is 3. The average molecular weight is 401 g/mol. The number of halogens is 1. The topological polar surface area (TPSA) is 50.8 Å². The summed E-state index contributed by atoms with van der Waals surface area (Å²) in [7, 11) is 0. The maximum absolute atomic E-state index is 13.1. The molecule has 0 unspecified atom stereocenters. The van der Waals surface area contributed by atoms with Gasteiger partial charge in [-0.25, -0.2) is 4.79 Å². The zero-order valence-electron chi connectivity index (χ0n) is 16.0. The van der Waals surface area contributed by atoms with Crippen LogP contribution in [-0.4, -0.2) is 30.7 Å². The minimum atomic E-state index is -0.0358. The Balaban J connectivity index is 1.49. The molecule has 0 aliphatic carbocycles. The van der Waals surface area contributed by atoms with E-state index in [1.165, 1.54) is 0 Å². The number of nitrogens with zero attached hydrogens (tertiary/aromatic N) is 1. The van der Waals surface area contributed by atoms with Crippen LogP contribution in [0.3, 0.4) is 0 Å². The van der Waals surface area contributed by atoms with Crippen molar-refractivity contribution in [3.05, 3.63) is 58.6 Å². The van der Waals surface area contributed by atoms with Crippen LogP contribution in [0.5, 0.6) is 11.5 Å². The summed E-state index contributed by atoms with van der Waals surface area (Å²) in [5, 5.41) is 3.89. The zero-order valence-corrected chi connectivity index (χ0v) is 16.7. The predicted molar refractivity (Wildman–Crippen MR) is 109 cm³/mol. The minimum absolute atomic E-state index is 0.0285. The second-order valence-corrected chi connectivity index (χ2v) is 7.65. The van der Waals surface area contributed by atoms with Gasteiger partial charge in [0.15, 0.2) is 11.5 Å². The quantitative estimate of drug-likeness (QED) is 0.775. The number of ether oxygens (including phenoxy) is 2. The molecule has 28 heavy (non-hydrogen) atoms. The summed E-state index contributed by atoms with van der Waals surface area (Å²) in [6, 6.07) is 13.7. The molecule has 148 valence electrons. The van der Waals surface area contributed by atoms with Gasteiger partial charge in [-0.15, -0.1) is 0 Å². The summed E-state index contributed by atoms with van der Waals surface area (Å²) < 4.78 is 11.3. The van der Waals surface area contributed by atoms with E-state index in [1.807, 2.05) is 47.4 Å². The number of amides is 2. The monoisotopic (exact) mass is 400 g/mol. The molecule has 5 nitrogen and oxygen atoms in total. The fourth-order valence-electron chi connectivity index (χ4n) is 3.97. The molecule has 1 N–H and O–H groups in total. The third kappa shape index (κ3) is 3.90. The van der Waals surface area contributed by atoms with Gasteiger partial charge < -0.3 is 19.7 Å². The van der Waals surface area contributed by atoms with E-state index in [1.54, 1.807) is 0 Å². The summed E-state index contributed by atoms with van der Waals surface area (Å²) in [5.41, 5.74) is 2.16. The number of hydrogen-bond donors (Lipinski definition) is 1. The maximum atomic E-state index is 13.1. The van der Waals surface area contributed by atoms with Gasteiger partial charge in [-0.1, -0.05) is 36.7 Å². The highest BCUT2D eigenvalue weighted by Gasteiger charge is 2.31. The van der Waals surface area contributed by atoms with Crippen molar-refractivity contribution in [3.8, 4) is 11.5 Å². The largest absolute Gasteiger partial charge is 0.486 e. The van der Waals surface area contributed by atoms with E-state index in [9.17, 15) is 4.79 Å². The Morgan fingerprint density at radius 3 is 2.68 bits per heavy atom. The second kappa shape index (κ2) is 8.31. The number of urea groups is 1. The number of benzene rings is 2.